The van der Waals surface area contributed by atoms with Gasteiger partial charge >= 0.3 is 0 Å². The molecule has 2 heterocycles. The van der Waals surface area contributed by atoms with Crippen molar-refractivity contribution in [3.05, 3.63) is 12.4 Å². The molecule has 0 atom stereocenters. The zero-order valence-corrected chi connectivity index (χ0v) is 8.75. The number of aromatic nitrogens is 5. The topological polar surface area (TPSA) is 105 Å². The summed E-state index contributed by atoms with van der Waals surface area (Å²) in [5.74, 6) is 0.897. The van der Waals surface area contributed by atoms with Crippen molar-refractivity contribution in [3.8, 4) is 0 Å². The highest BCUT2D eigenvalue weighted by Crippen LogP contribution is 2.24. The molecule has 8 heteroatoms. The van der Waals surface area contributed by atoms with Crippen LogP contribution in [0, 0.1) is 0 Å². The Morgan fingerprint density at radius 1 is 1.47 bits per heavy atom. The number of nitrogens with zero attached hydrogens (tertiary/aromatic N) is 4. The lowest BCUT2D eigenvalue weighted by Gasteiger charge is -2.02. The Balaban J connectivity index is 2.24. The number of hydrogen-bond donors (Lipinski definition) is 3. The standard InChI is InChI=1S/C7H9N7S/c1-9-4-2-5(13-6(8)12-4)15-7-10-3-11-14-7/h2-3H,1H3,(H,10,11,14)(H3,8,9,12,13). The van der Waals surface area contributed by atoms with E-state index < -0.39 is 0 Å². The van der Waals surface area contributed by atoms with E-state index in [1.165, 1.54) is 18.1 Å². The molecule has 2 aromatic rings. The third-order valence-electron chi connectivity index (χ3n) is 1.57. The van der Waals surface area contributed by atoms with E-state index in [-0.39, 0.29) is 5.95 Å². The number of anilines is 2. The van der Waals surface area contributed by atoms with Crippen LogP contribution in [0.4, 0.5) is 11.8 Å². The van der Waals surface area contributed by atoms with Gasteiger partial charge in [0.2, 0.25) is 5.95 Å². The molecule has 4 N–H and O–H groups in total. The molecule has 0 saturated carbocycles. The average Bonchev–Trinajstić information content (AvgIpc) is 2.69. The molecule has 0 amide bonds. The summed E-state index contributed by atoms with van der Waals surface area (Å²) in [6, 6.07) is 1.78. The van der Waals surface area contributed by atoms with Crippen LogP contribution in [-0.4, -0.2) is 32.2 Å². The lowest BCUT2D eigenvalue weighted by molar-refractivity contribution is 0.964. The van der Waals surface area contributed by atoms with Gasteiger partial charge in [0.05, 0.1) is 0 Å². The molecular weight excluding hydrogens is 214 g/mol. The molecule has 2 rings (SSSR count). The van der Waals surface area contributed by atoms with Crippen LogP contribution in [0.25, 0.3) is 0 Å². The highest BCUT2D eigenvalue weighted by Gasteiger charge is 2.04. The molecular formula is C7H9N7S. The first-order chi connectivity index (χ1) is 7.28. The second-order valence-corrected chi connectivity index (χ2v) is 3.60. The summed E-state index contributed by atoms with van der Waals surface area (Å²) in [6.07, 6.45) is 1.44. The molecule has 0 unspecified atom stereocenters. The molecule has 7 nitrogen and oxygen atoms in total. The van der Waals surface area contributed by atoms with E-state index in [4.69, 9.17) is 5.73 Å². The molecule has 0 aliphatic rings. The van der Waals surface area contributed by atoms with Gasteiger partial charge in [-0.2, -0.15) is 10.1 Å². The number of H-pyrrole nitrogens is 1. The van der Waals surface area contributed by atoms with Crippen molar-refractivity contribution in [3.63, 3.8) is 0 Å². The molecule has 0 spiro atoms. The molecule has 0 aliphatic carbocycles. The van der Waals surface area contributed by atoms with Crippen molar-refractivity contribution in [1.82, 2.24) is 25.1 Å². The number of nitrogens with one attached hydrogen (secondary N) is 2. The number of aromatic amines is 1. The van der Waals surface area contributed by atoms with Crippen molar-refractivity contribution in [1.29, 1.82) is 0 Å². The minimum absolute atomic E-state index is 0.226. The van der Waals surface area contributed by atoms with Crippen LogP contribution in [0.1, 0.15) is 0 Å². The van der Waals surface area contributed by atoms with E-state index in [2.05, 4.69) is 30.5 Å². The summed E-state index contributed by atoms with van der Waals surface area (Å²) >= 11 is 1.34. The van der Waals surface area contributed by atoms with Gasteiger partial charge in [-0.25, -0.2) is 9.97 Å². The predicted octanol–water partition coefficient (Wildman–Crippen LogP) is 0.370. The van der Waals surface area contributed by atoms with Crippen molar-refractivity contribution in [2.75, 3.05) is 18.1 Å². The van der Waals surface area contributed by atoms with Gasteiger partial charge in [0, 0.05) is 13.1 Å². The molecule has 0 aromatic carbocycles. The van der Waals surface area contributed by atoms with Crippen molar-refractivity contribution >= 4 is 23.5 Å². The van der Waals surface area contributed by atoms with Crippen molar-refractivity contribution < 1.29 is 0 Å². The van der Waals surface area contributed by atoms with Crippen LogP contribution < -0.4 is 11.1 Å². The van der Waals surface area contributed by atoms with Gasteiger partial charge in [-0.1, -0.05) is 0 Å². The first kappa shape index (κ1) is 9.71. The van der Waals surface area contributed by atoms with Crippen LogP contribution in [0.3, 0.4) is 0 Å². The molecule has 0 saturated heterocycles. The third kappa shape index (κ3) is 2.34. The summed E-state index contributed by atoms with van der Waals surface area (Å²) in [7, 11) is 1.77. The first-order valence-electron chi connectivity index (χ1n) is 4.13. The molecule has 15 heavy (non-hydrogen) atoms. The number of hydrogen-bond acceptors (Lipinski definition) is 7. The van der Waals surface area contributed by atoms with Gasteiger partial charge in [0.1, 0.15) is 17.2 Å². The zero-order chi connectivity index (χ0) is 10.7. The van der Waals surface area contributed by atoms with E-state index in [1.54, 1.807) is 13.1 Å². The van der Waals surface area contributed by atoms with E-state index >= 15 is 0 Å². The minimum atomic E-state index is 0.226. The Labute approximate surface area is 89.9 Å². The maximum Gasteiger partial charge on any atom is 0.223 e. The lowest BCUT2D eigenvalue weighted by Crippen LogP contribution is -2.00. The van der Waals surface area contributed by atoms with Crippen molar-refractivity contribution in [2.45, 2.75) is 10.2 Å². The molecule has 78 valence electrons. The summed E-state index contributed by atoms with van der Waals surface area (Å²) in [5, 5.41) is 10.7. The minimum Gasteiger partial charge on any atom is -0.373 e. The Bertz CT molecular complexity index is 441. The Hall–Kier alpha value is -1.83. The average molecular weight is 223 g/mol. The molecule has 0 fully saturated rings. The van der Waals surface area contributed by atoms with Gasteiger partial charge in [-0.05, 0) is 11.8 Å². The lowest BCUT2D eigenvalue weighted by atomic mass is 10.6. The number of nitrogens with two attached hydrogens (primary N) is 1. The van der Waals surface area contributed by atoms with E-state index in [1.807, 2.05) is 0 Å². The van der Waals surface area contributed by atoms with E-state index in [0.29, 0.717) is 16.0 Å². The fraction of sp³-hybridized carbons (Fsp3) is 0.143. The highest BCUT2D eigenvalue weighted by atomic mass is 32.2. The SMILES string of the molecule is CNc1cc(Sc2ncn[nH]2)nc(N)n1. The molecule has 2 aromatic heterocycles. The Morgan fingerprint density at radius 2 is 2.33 bits per heavy atom. The largest absolute Gasteiger partial charge is 0.373 e. The van der Waals surface area contributed by atoms with Gasteiger partial charge in [-0.3, -0.25) is 5.10 Å². The van der Waals surface area contributed by atoms with Gasteiger partial charge in [0.15, 0.2) is 5.16 Å². The quantitative estimate of drug-likeness (QED) is 0.645. The maximum absolute atomic E-state index is 5.54. The fourth-order valence-electron chi connectivity index (χ4n) is 0.966. The Kier molecular flexibility index (Phi) is 2.68. The Morgan fingerprint density at radius 3 is 3.00 bits per heavy atom. The van der Waals surface area contributed by atoms with Crippen LogP contribution in [0.5, 0.6) is 0 Å². The van der Waals surface area contributed by atoms with E-state index in [9.17, 15) is 0 Å². The zero-order valence-electron chi connectivity index (χ0n) is 7.93. The van der Waals surface area contributed by atoms with Gasteiger partial charge < -0.3 is 11.1 Å². The van der Waals surface area contributed by atoms with Gasteiger partial charge in [0.25, 0.3) is 0 Å². The third-order valence-corrected chi connectivity index (χ3v) is 2.38. The molecule has 0 radical (unpaired) electrons. The van der Waals surface area contributed by atoms with Gasteiger partial charge in [-0.15, -0.1) is 0 Å². The summed E-state index contributed by atoms with van der Waals surface area (Å²) in [5.41, 5.74) is 5.54. The van der Waals surface area contributed by atoms with Crippen molar-refractivity contribution in [2.24, 2.45) is 0 Å². The molecule has 0 bridgehead atoms. The normalized spacial score (nSPS) is 10.2. The second kappa shape index (κ2) is 4.13. The number of nitrogen functional groups attached to an aromatic ring is 1. The number of rotatable bonds is 3. The first-order valence-corrected chi connectivity index (χ1v) is 4.95. The smallest absolute Gasteiger partial charge is 0.223 e. The summed E-state index contributed by atoms with van der Waals surface area (Å²) in [6.45, 7) is 0. The van der Waals surface area contributed by atoms with Crippen LogP contribution in [0.15, 0.2) is 22.6 Å². The molecule has 0 aliphatic heterocycles. The van der Waals surface area contributed by atoms with Crippen LogP contribution >= 0.6 is 11.8 Å². The highest BCUT2D eigenvalue weighted by molar-refractivity contribution is 7.99. The van der Waals surface area contributed by atoms with Crippen LogP contribution in [0.2, 0.25) is 0 Å². The monoisotopic (exact) mass is 223 g/mol. The van der Waals surface area contributed by atoms with Crippen LogP contribution in [-0.2, 0) is 0 Å². The second-order valence-electron chi connectivity index (χ2n) is 2.59. The fourth-order valence-corrected chi connectivity index (χ4v) is 1.67. The summed E-state index contributed by atoms with van der Waals surface area (Å²) in [4.78, 5) is 12.0. The predicted molar refractivity (Wildman–Crippen MR) is 56.5 cm³/mol. The summed E-state index contributed by atoms with van der Waals surface area (Å²) < 4.78 is 0. The maximum atomic E-state index is 5.54. The van der Waals surface area contributed by atoms with E-state index in [0.717, 1.165) is 0 Å².